The highest BCUT2D eigenvalue weighted by molar-refractivity contribution is 9.10. The van der Waals surface area contributed by atoms with Gasteiger partial charge < -0.3 is 9.30 Å². The van der Waals surface area contributed by atoms with E-state index >= 15 is 0 Å². The molecule has 1 aliphatic heterocycles. The summed E-state index contributed by atoms with van der Waals surface area (Å²) in [5, 5.41) is 0. The number of para-hydroxylation sites is 1. The van der Waals surface area contributed by atoms with E-state index in [1.54, 1.807) is 7.11 Å². The van der Waals surface area contributed by atoms with Gasteiger partial charge in [-0.25, -0.2) is 4.98 Å². The molecule has 0 N–H and O–H groups in total. The predicted molar refractivity (Wildman–Crippen MR) is 78.7 cm³/mol. The Kier molecular flexibility index (Phi) is 3.35. The number of fused-ring (bicyclic) bond motifs is 1. The Morgan fingerprint density at radius 2 is 2.16 bits per heavy atom. The van der Waals surface area contributed by atoms with Crippen LogP contribution in [0, 0.1) is 6.92 Å². The number of rotatable bonds is 2. The second-order valence-corrected chi connectivity index (χ2v) is 5.74. The zero-order valence-corrected chi connectivity index (χ0v) is 12.8. The Balaban J connectivity index is 1.95. The lowest BCUT2D eigenvalue weighted by atomic mass is 9.90. The van der Waals surface area contributed by atoms with Gasteiger partial charge in [-0.2, -0.15) is 0 Å². The van der Waals surface area contributed by atoms with Crippen molar-refractivity contribution in [2.75, 3.05) is 7.11 Å². The fourth-order valence-electron chi connectivity index (χ4n) is 2.93. The van der Waals surface area contributed by atoms with Crippen LogP contribution in [-0.2, 0) is 13.0 Å². The van der Waals surface area contributed by atoms with Crippen molar-refractivity contribution in [2.24, 2.45) is 0 Å². The molecule has 0 fully saturated rings. The van der Waals surface area contributed by atoms with Crippen molar-refractivity contribution >= 4 is 15.9 Å². The molecule has 4 heteroatoms. The third-order valence-corrected chi connectivity index (χ3v) is 4.56. The number of imidazole rings is 1. The van der Waals surface area contributed by atoms with E-state index < -0.39 is 0 Å². The Morgan fingerprint density at radius 1 is 1.37 bits per heavy atom. The summed E-state index contributed by atoms with van der Waals surface area (Å²) in [6.07, 6.45) is 2.20. The van der Waals surface area contributed by atoms with Gasteiger partial charge in [0.15, 0.2) is 0 Å². The molecule has 3 nitrogen and oxygen atoms in total. The smallest absolute Gasteiger partial charge is 0.127 e. The standard InChI is InChI=1S/C15H17BrN2O/c1-10-17-15(16)13-8-7-11(9-18(10)13)12-5-3-4-6-14(12)19-2/h3-6,11H,7-9H2,1-2H3. The normalized spacial score (nSPS) is 18.2. The zero-order chi connectivity index (χ0) is 13.4. The van der Waals surface area contributed by atoms with Crippen LogP contribution in [0.3, 0.4) is 0 Å². The van der Waals surface area contributed by atoms with Gasteiger partial charge in [-0.1, -0.05) is 18.2 Å². The van der Waals surface area contributed by atoms with E-state index in [2.05, 4.69) is 44.5 Å². The van der Waals surface area contributed by atoms with E-state index in [0.717, 1.165) is 35.6 Å². The number of aromatic nitrogens is 2. The maximum Gasteiger partial charge on any atom is 0.127 e. The summed E-state index contributed by atoms with van der Waals surface area (Å²) in [6, 6.07) is 8.33. The number of aryl methyl sites for hydroxylation is 1. The third-order valence-electron chi connectivity index (χ3n) is 3.93. The van der Waals surface area contributed by atoms with Gasteiger partial charge >= 0.3 is 0 Å². The molecule has 0 spiro atoms. The molecule has 0 aliphatic carbocycles. The van der Waals surface area contributed by atoms with Gasteiger partial charge in [0, 0.05) is 12.5 Å². The Hall–Kier alpha value is -1.29. The number of methoxy groups -OCH3 is 1. The van der Waals surface area contributed by atoms with Crippen LogP contribution < -0.4 is 4.74 Å². The second kappa shape index (κ2) is 5.00. The molecule has 19 heavy (non-hydrogen) atoms. The predicted octanol–water partition coefficient (Wildman–Crippen LogP) is 3.69. The van der Waals surface area contributed by atoms with Crippen LogP contribution >= 0.6 is 15.9 Å². The van der Waals surface area contributed by atoms with Gasteiger partial charge in [0.1, 0.15) is 16.2 Å². The van der Waals surface area contributed by atoms with Gasteiger partial charge in [0.25, 0.3) is 0 Å². The Bertz CT molecular complexity index is 606. The van der Waals surface area contributed by atoms with E-state index in [1.807, 2.05) is 12.1 Å². The SMILES string of the molecule is COc1ccccc1C1CCc2c(Br)nc(C)n2C1. The largest absolute Gasteiger partial charge is 0.496 e. The topological polar surface area (TPSA) is 27.1 Å². The number of hydrogen-bond acceptors (Lipinski definition) is 2. The van der Waals surface area contributed by atoms with E-state index in [-0.39, 0.29) is 0 Å². The molecule has 1 atom stereocenters. The summed E-state index contributed by atoms with van der Waals surface area (Å²) in [5.41, 5.74) is 2.63. The molecule has 100 valence electrons. The molecular weight excluding hydrogens is 304 g/mol. The van der Waals surface area contributed by atoms with Crippen LogP contribution in [-0.4, -0.2) is 16.7 Å². The van der Waals surface area contributed by atoms with Crippen LogP contribution in [0.25, 0.3) is 0 Å². The molecule has 1 unspecified atom stereocenters. The van der Waals surface area contributed by atoms with E-state index in [9.17, 15) is 0 Å². The lowest BCUT2D eigenvalue weighted by Crippen LogP contribution is -2.20. The Morgan fingerprint density at radius 3 is 2.95 bits per heavy atom. The van der Waals surface area contributed by atoms with Crippen molar-refractivity contribution in [3.8, 4) is 5.75 Å². The van der Waals surface area contributed by atoms with Gasteiger partial charge in [0.05, 0.1) is 12.8 Å². The van der Waals surface area contributed by atoms with E-state index in [1.165, 1.54) is 11.3 Å². The minimum Gasteiger partial charge on any atom is -0.496 e. The number of nitrogens with zero attached hydrogens (tertiary/aromatic N) is 2. The number of benzene rings is 1. The summed E-state index contributed by atoms with van der Waals surface area (Å²) in [7, 11) is 1.74. The first kappa shape index (κ1) is 12.7. The first-order valence-electron chi connectivity index (χ1n) is 6.55. The monoisotopic (exact) mass is 320 g/mol. The highest BCUT2D eigenvalue weighted by Crippen LogP contribution is 2.36. The molecule has 0 amide bonds. The quantitative estimate of drug-likeness (QED) is 0.843. The molecule has 0 radical (unpaired) electrons. The maximum atomic E-state index is 5.49. The molecule has 2 aromatic rings. The summed E-state index contributed by atoms with van der Waals surface area (Å²) >= 11 is 3.55. The summed E-state index contributed by atoms with van der Waals surface area (Å²) in [4.78, 5) is 4.51. The average molecular weight is 321 g/mol. The average Bonchev–Trinajstić information content (AvgIpc) is 2.73. The highest BCUT2D eigenvalue weighted by Gasteiger charge is 2.25. The third kappa shape index (κ3) is 2.18. The maximum absolute atomic E-state index is 5.49. The fourth-order valence-corrected chi connectivity index (χ4v) is 3.60. The molecule has 0 saturated carbocycles. The van der Waals surface area contributed by atoms with Crippen LogP contribution in [0.15, 0.2) is 28.9 Å². The fraction of sp³-hybridized carbons (Fsp3) is 0.400. The first-order chi connectivity index (χ1) is 9.20. The molecule has 2 heterocycles. The number of ether oxygens (including phenoxy) is 1. The van der Waals surface area contributed by atoms with Crippen LogP contribution in [0.1, 0.15) is 29.4 Å². The van der Waals surface area contributed by atoms with Crippen LogP contribution in [0.2, 0.25) is 0 Å². The second-order valence-electron chi connectivity index (χ2n) is 4.98. The molecule has 1 aromatic heterocycles. The summed E-state index contributed by atoms with van der Waals surface area (Å²) in [6.45, 7) is 3.05. The van der Waals surface area contributed by atoms with Crippen molar-refractivity contribution < 1.29 is 4.74 Å². The van der Waals surface area contributed by atoms with Crippen molar-refractivity contribution in [3.05, 3.63) is 46.0 Å². The summed E-state index contributed by atoms with van der Waals surface area (Å²) < 4.78 is 8.82. The number of halogens is 1. The van der Waals surface area contributed by atoms with Crippen molar-refractivity contribution in [2.45, 2.75) is 32.2 Å². The van der Waals surface area contributed by atoms with Gasteiger partial charge in [0.2, 0.25) is 0 Å². The zero-order valence-electron chi connectivity index (χ0n) is 11.2. The first-order valence-corrected chi connectivity index (χ1v) is 7.34. The van der Waals surface area contributed by atoms with Gasteiger partial charge in [-0.3, -0.25) is 0 Å². The lowest BCUT2D eigenvalue weighted by Gasteiger charge is -2.26. The van der Waals surface area contributed by atoms with Crippen molar-refractivity contribution in [3.63, 3.8) is 0 Å². The van der Waals surface area contributed by atoms with E-state index in [0.29, 0.717) is 5.92 Å². The highest BCUT2D eigenvalue weighted by atomic mass is 79.9. The minimum absolute atomic E-state index is 0.503. The molecule has 0 bridgehead atoms. The molecule has 0 saturated heterocycles. The van der Waals surface area contributed by atoms with Gasteiger partial charge in [-0.15, -0.1) is 0 Å². The minimum atomic E-state index is 0.503. The van der Waals surface area contributed by atoms with Gasteiger partial charge in [-0.05, 0) is 47.3 Å². The molecule has 1 aromatic carbocycles. The van der Waals surface area contributed by atoms with Crippen LogP contribution in [0.4, 0.5) is 0 Å². The lowest BCUT2D eigenvalue weighted by molar-refractivity contribution is 0.389. The summed E-state index contributed by atoms with van der Waals surface area (Å²) in [5.74, 6) is 2.58. The number of hydrogen-bond donors (Lipinski definition) is 0. The molecule has 3 rings (SSSR count). The van der Waals surface area contributed by atoms with Crippen molar-refractivity contribution in [1.82, 2.24) is 9.55 Å². The Labute approximate surface area is 121 Å². The van der Waals surface area contributed by atoms with Crippen LogP contribution in [0.5, 0.6) is 5.75 Å². The van der Waals surface area contributed by atoms with E-state index in [4.69, 9.17) is 4.74 Å². The molecular formula is C15H17BrN2O. The van der Waals surface area contributed by atoms with Crippen molar-refractivity contribution in [1.29, 1.82) is 0 Å². The molecule has 1 aliphatic rings.